The SMILES string of the molecule is CCOC(=O)N1CCC2(CC(N3CCC(N(C)CC(F)(F)F)CC3)C2)C1. The summed E-state index contributed by atoms with van der Waals surface area (Å²) in [6.45, 7) is 4.70. The minimum atomic E-state index is -4.13. The van der Waals surface area contributed by atoms with Crippen LogP contribution in [0.5, 0.6) is 0 Å². The van der Waals surface area contributed by atoms with Gasteiger partial charge in [-0.15, -0.1) is 0 Å². The summed E-state index contributed by atoms with van der Waals surface area (Å²) in [5, 5.41) is 0. The zero-order valence-electron chi connectivity index (χ0n) is 15.7. The van der Waals surface area contributed by atoms with Gasteiger partial charge in [-0.05, 0) is 64.6 Å². The Morgan fingerprint density at radius 1 is 1.23 bits per heavy atom. The second-order valence-electron chi connectivity index (χ2n) is 8.23. The van der Waals surface area contributed by atoms with Gasteiger partial charge in [0.15, 0.2) is 0 Å². The van der Waals surface area contributed by atoms with Gasteiger partial charge in [0.2, 0.25) is 0 Å². The maximum Gasteiger partial charge on any atom is 0.409 e. The van der Waals surface area contributed by atoms with Crippen LogP contribution >= 0.6 is 0 Å². The number of hydrogen-bond acceptors (Lipinski definition) is 4. The van der Waals surface area contributed by atoms with Crippen molar-refractivity contribution in [3.63, 3.8) is 0 Å². The molecule has 0 aromatic heterocycles. The van der Waals surface area contributed by atoms with Crippen molar-refractivity contribution in [2.75, 3.05) is 46.4 Å². The summed E-state index contributed by atoms with van der Waals surface area (Å²) >= 11 is 0. The first-order valence-corrected chi connectivity index (χ1v) is 9.64. The van der Waals surface area contributed by atoms with Crippen molar-refractivity contribution < 1.29 is 22.7 Å². The molecule has 3 fully saturated rings. The molecule has 3 aliphatic rings. The van der Waals surface area contributed by atoms with Crippen molar-refractivity contribution in [1.82, 2.24) is 14.7 Å². The fraction of sp³-hybridized carbons (Fsp3) is 0.944. The van der Waals surface area contributed by atoms with E-state index in [-0.39, 0.29) is 17.6 Å². The standard InChI is InChI=1S/C18H30F3N3O2/c1-3-26-16(25)24-9-6-17(12-24)10-15(11-17)23-7-4-14(5-8-23)22(2)13-18(19,20)21/h14-15H,3-13H2,1-2H3. The van der Waals surface area contributed by atoms with E-state index in [0.717, 1.165) is 58.3 Å². The molecule has 1 amide bonds. The van der Waals surface area contributed by atoms with Crippen molar-refractivity contribution in [3.05, 3.63) is 0 Å². The molecule has 0 radical (unpaired) electrons. The first-order valence-electron chi connectivity index (χ1n) is 9.64. The molecular formula is C18H30F3N3O2. The fourth-order valence-corrected chi connectivity index (χ4v) is 4.94. The first kappa shape index (κ1) is 19.7. The van der Waals surface area contributed by atoms with Gasteiger partial charge >= 0.3 is 12.3 Å². The van der Waals surface area contributed by atoms with E-state index >= 15 is 0 Å². The van der Waals surface area contributed by atoms with Gasteiger partial charge in [0.05, 0.1) is 13.2 Å². The average Bonchev–Trinajstić information content (AvgIpc) is 2.98. The molecule has 0 aromatic rings. The summed E-state index contributed by atoms with van der Waals surface area (Å²) in [5.74, 6) is 0. The van der Waals surface area contributed by atoms with E-state index in [9.17, 15) is 18.0 Å². The van der Waals surface area contributed by atoms with Gasteiger partial charge in [0, 0.05) is 25.2 Å². The summed E-state index contributed by atoms with van der Waals surface area (Å²) in [4.78, 5) is 17.6. The number of carbonyl (C=O) groups excluding carboxylic acids is 1. The number of carbonyl (C=O) groups is 1. The van der Waals surface area contributed by atoms with Crippen molar-refractivity contribution in [3.8, 4) is 0 Å². The largest absolute Gasteiger partial charge is 0.450 e. The molecule has 2 heterocycles. The number of piperidine rings is 1. The molecule has 150 valence electrons. The average molecular weight is 377 g/mol. The molecule has 2 saturated heterocycles. The molecule has 0 bridgehead atoms. The predicted molar refractivity (Wildman–Crippen MR) is 91.9 cm³/mol. The smallest absolute Gasteiger partial charge is 0.409 e. The van der Waals surface area contributed by atoms with Crippen molar-refractivity contribution in [1.29, 1.82) is 0 Å². The number of amides is 1. The van der Waals surface area contributed by atoms with Gasteiger partial charge in [0.25, 0.3) is 0 Å². The maximum absolute atomic E-state index is 12.5. The molecular weight excluding hydrogens is 347 g/mol. The molecule has 0 unspecified atom stereocenters. The Morgan fingerprint density at radius 2 is 1.88 bits per heavy atom. The second kappa shape index (κ2) is 7.54. The highest BCUT2D eigenvalue weighted by Crippen LogP contribution is 2.50. The van der Waals surface area contributed by atoms with Crippen LogP contribution in [0.15, 0.2) is 0 Å². The minimum absolute atomic E-state index is 0.0210. The molecule has 1 spiro atoms. The summed E-state index contributed by atoms with van der Waals surface area (Å²) in [5.41, 5.74) is 0.237. The number of rotatable bonds is 4. The first-order chi connectivity index (χ1) is 12.2. The van der Waals surface area contributed by atoms with Crippen LogP contribution in [0.25, 0.3) is 0 Å². The Kier molecular flexibility index (Phi) is 5.72. The van der Waals surface area contributed by atoms with Crippen LogP contribution in [0.3, 0.4) is 0 Å². The Hall–Kier alpha value is -1.02. The summed E-state index contributed by atoms with van der Waals surface area (Å²) in [7, 11) is 1.58. The molecule has 5 nitrogen and oxygen atoms in total. The lowest BCUT2D eigenvalue weighted by molar-refractivity contribution is -0.149. The van der Waals surface area contributed by atoms with Crippen LogP contribution in [0.2, 0.25) is 0 Å². The Balaban J connectivity index is 1.41. The summed E-state index contributed by atoms with van der Waals surface area (Å²) < 4.78 is 42.7. The highest BCUT2D eigenvalue weighted by molar-refractivity contribution is 5.68. The normalized spacial score (nSPS) is 30.8. The van der Waals surface area contributed by atoms with Crippen LogP contribution in [0, 0.1) is 5.41 Å². The zero-order chi connectivity index (χ0) is 18.9. The van der Waals surface area contributed by atoms with Gasteiger partial charge in [0.1, 0.15) is 0 Å². The summed E-state index contributed by atoms with van der Waals surface area (Å²) in [6.07, 6.45) is 0.474. The molecule has 2 aliphatic heterocycles. The third-order valence-corrected chi connectivity index (χ3v) is 6.37. The van der Waals surface area contributed by atoms with Gasteiger partial charge in [-0.25, -0.2) is 4.79 Å². The van der Waals surface area contributed by atoms with E-state index in [1.807, 2.05) is 11.8 Å². The van der Waals surface area contributed by atoms with E-state index in [4.69, 9.17) is 4.74 Å². The second-order valence-corrected chi connectivity index (χ2v) is 8.23. The molecule has 3 rings (SSSR count). The van der Waals surface area contributed by atoms with Gasteiger partial charge in [-0.1, -0.05) is 0 Å². The minimum Gasteiger partial charge on any atom is -0.450 e. The Bertz CT molecular complexity index is 500. The Labute approximate surface area is 153 Å². The van der Waals surface area contributed by atoms with Crippen LogP contribution in [0.4, 0.5) is 18.0 Å². The number of nitrogens with zero attached hydrogens (tertiary/aromatic N) is 3. The number of halogens is 3. The molecule has 1 aliphatic carbocycles. The van der Waals surface area contributed by atoms with Crippen molar-refractivity contribution in [2.45, 2.75) is 57.3 Å². The number of likely N-dealkylation sites (tertiary alicyclic amines) is 2. The van der Waals surface area contributed by atoms with E-state index in [2.05, 4.69) is 4.90 Å². The third kappa shape index (κ3) is 4.44. The van der Waals surface area contributed by atoms with Crippen molar-refractivity contribution in [2.24, 2.45) is 5.41 Å². The van der Waals surface area contributed by atoms with E-state index in [1.165, 1.54) is 4.90 Å². The molecule has 1 saturated carbocycles. The number of hydrogen-bond donors (Lipinski definition) is 0. The number of ether oxygens (including phenoxy) is 1. The highest BCUT2D eigenvalue weighted by atomic mass is 19.4. The van der Waals surface area contributed by atoms with Crippen molar-refractivity contribution >= 4 is 6.09 Å². The number of alkyl halides is 3. The third-order valence-electron chi connectivity index (χ3n) is 6.37. The lowest BCUT2D eigenvalue weighted by atomic mass is 9.64. The maximum atomic E-state index is 12.5. The zero-order valence-corrected chi connectivity index (χ0v) is 15.7. The fourth-order valence-electron chi connectivity index (χ4n) is 4.94. The van der Waals surface area contributed by atoms with Crippen LogP contribution in [0.1, 0.15) is 39.0 Å². The van der Waals surface area contributed by atoms with Crippen LogP contribution in [-0.2, 0) is 4.74 Å². The Morgan fingerprint density at radius 3 is 2.46 bits per heavy atom. The molecule has 0 atom stereocenters. The summed E-state index contributed by atoms with van der Waals surface area (Å²) in [6, 6.07) is 0.540. The quantitative estimate of drug-likeness (QED) is 0.755. The topological polar surface area (TPSA) is 36.0 Å². The van der Waals surface area contributed by atoms with Gasteiger partial charge in [-0.2, -0.15) is 13.2 Å². The van der Waals surface area contributed by atoms with E-state index in [1.54, 1.807) is 7.05 Å². The highest BCUT2D eigenvalue weighted by Gasteiger charge is 2.51. The van der Waals surface area contributed by atoms with E-state index < -0.39 is 12.7 Å². The molecule has 0 aromatic carbocycles. The van der Waals surface area contributed by atoms with Crippen LogP contribution in [-0.4, -0.2) is 85.4 Å². The predicted octanol–water partition coefficient (Wildman–Crippen LogP) is 2.96. The molecule has 8 heteroatoms. The van der Waals surface area contributed by atoms with Gasteiger partial charge in [-0.3, -0.25) is 4.90 Å². The molecule has 26 heavy (non-hydrogen) atoms. The monoisotopic (exact) mass is 377 g/mol. The van der Waals surface area contributed by atoms with E-state index in [0.29, 0.717) is 12.6 Å². The molecule has 0 N–H and O–H groups in total. The lowest BCUT2D eigenvalue weighted by Crippen LogP contribution is -2.56. The van der Waals surface area contributed by atoms with Gasteiger partial charge < -0.3 is 14.5 Å². The lowest BCUT2D eigenvalue weighted by Gasteiger charge is -2.52. The van der Waals surface area contributed by atoms with Crippen LogP contribution < -0.4 is 0 Å².